The molecule has 2 amide bonds. The molecular formula is C21H27N3O2S. The highest BCUT2D eigenvalue weighted by atomic mass is 32.1. The minimum atomic E-state index is -0.0758. The number of hydrogen-bond donors (Lipinski definition) is 2. The normalized spacial score (nSPS) is 14.8. The Kier molecular flexibility index (Phi) is 6.87. The summed E-state index contributed by atoms with van der Waals surface area (Å²) in [6, 6.07) is 11.7. The maximum atomic E-state index is 12.1. The maximum Gasteiger partial charge on any atom is 0.261 e. The highest BCUT2D eigenvalue weighted by Gasteiger charge is 2.16. The van der Waals surface area contributed by atoms with E-state index in [9.17, 15) is 9.59 Å². The van der Waals surface area contributed by atoms with E-state index < -0.39 is 0 Å². The average molecular weight is 386 g/mol. The van der Waals surface area contributed by atoms with Crippen LogP contribution < -0.4 is 15.5 Å². The number of thiophene rings is 1. The van der Waals surface area contributed by atoms with Gasteiger partial charge in [0.1, 0.15) is 0 Å². The van der Waals surface area contributed by atoms with Gasteiger partial charge in [0, 0.05) is 37.4 Å². The summed E-state index contributed by atoms with van der Waals surface area (Å²) < 4.78 is 0. The van der Waals surface area contributed by atoms with Crippen LogP contribution in [0.1, 0.15) is 42.3 Å². The molecule has 1 aliphatic heterocycles. The number of carbonyl (C=O) groups excluding carboxylic acids is 2. The molecule has 6 heteroatoms. The molecule has 1 aromatic carbocycles. The van der Waals surface area contributed by atoms with Crippen molar-refractivity contribution in [1.82, 2.24) is 5.32 Å². The van der Waals surface area contributed by atoms with E-state index in [2.05, 4.69) is 34.6 Å². The van der Waals surface area contributed by atoms with Crippen molar-refractivity contribution in [1.29, 1.82) is 0 Å². The van der Waals surface area contributed by atoms with Crippen molar-refractivity contribution in [2.45, 2.75) is 32.6 Å². The molecule has 0 atom stereocenters. The molecular weight excluding hydrogens is 358 g/mol. The second-order valence-electron chi connectivity index (χ2n) is 7.10. The van der Waals surface area contributed by atoms with Crippen molar-refractivity contribution in [3.8, 4) is 0 Å². The van der Waals surface area contributed by atoms with Gasteiger partial charge in [0.2, 0.25) is 5.91 Å². The second kappa shape index (κ2) is 9.55. The molecule has 2 N–H and O–H groups in total. The van der Waals surface area contributed by atoms with Gasteiger partial charge in [-0.05, 0) is 60.9 Å². The number of benzene rings is 1. The Morgan fingerprint density at radius 2 is 1.89 bits per heavy atom. The Morgan fingerprint density at radius 1 is 1.15 bits per heavy atom. The number of nitrogens with one attached hydrogen (secondary N) is 2. The van der Waals surface area contributed by atoms with Crippen LogP contribution in [-0.4, -0.2) is 31.4 Å². The van der Waals surface area contributed by atoms with E-state index in [-0.39, 0.29) is 11.8 Å². The number of rotatable bonds is 7. The van der Waals surface area contributed by atoms with E-state index in [0.717, 1.165) is 24.7 Å². The van der Waals surface area contributed by atoms with Crippen molar-refractivity contribution < 1.29 is 9.59 Å². The topological polar surface area (TPSA) is 61.4 Å². The van der Waals surface area contributed by atoms with Gasteiger partial charge in [0.05, 0.1) is 4.88 Å². The third-order valence-electron chi connectivity index (χ3n) is 4.91. The zero-order valence-corrected chi connectivity index (χ0v) is 16.6. The Morgan fingerprint density at radius 3 is 2.56 bits per heavy atom. The van der Waals surface area contributed by atoms with Gasteiger partial charge in [-0.3, -0.25) is 9.59 Å². The van der Waals surface area contributed by atoms with Crippen LogP contribution in [0.4, 0.5) is 11.4 Å². The van der Waals surface area contributed by atoms with Gasteiger partial charge in [-0.15, -0.1) is 11.3 Å². The number of carbonyl (C=O) groups is 2. The zero-order valence-electron chi connectivity index (χ0n) is 15.7. The molecule has 5 nitrogen and oxygen atoms in total. The summed E-state index contributed by atoms with van der Waals surface area (Å²) in [6.07, 6.45) is 3.48. The summed E-state index contributed by atoms with van der Waals surface area (Å²) in [5.74, 6) is 0.711. The van der Waals surface area contributed by atoms with Gasteiger partial charge >= 0.3 is 0 Å². The molecule has 2 heterocycles. The first-order valence-electron chi connectivity index (χ1n) is 9.58. The molecule has 27 heavy (non-hydrogen) atoms. The molecule has 1 fully saturated rings. The maximum absolute atomic E-state index is 12.1. The van der Waals surface area contributed by atoms with Crippen molar-refractivity contribution in [3.05, 3.63) is 46.7 Å². The molecule has 1 aliphatic rings. The minimum Gasteiger partial charge on any atom is -0.372 e. The van der Waals surface area contributed by atoms with Gasteiger partial charge in [-0.25, -0.2) is 0 Å². The fourth-order valence-corrected chi connectivity index (χ4v) is 3.83. The predicted molar refractivity (Wildman–Crippen MR) is 112 cm³/mol. The number of nitrogens with zero attached hydrogens (tertiary/aromatic N) is 1. The van der Waals surface area contributed by atoms with Gasteiger partial charge in [0.25, 0.3) is 5.91 Å². The Bertz CT molecular complexity index is 735. The first-order valence-corrected chi connectivity index (χ1v) is 10.5. The van der Waals surface area contributed by atoms with Gasteiger partial charge in [-0.2, -0.15) is 0 Å². The first kappa shape index (κ1) is 19.4. The largest absolute Gasteiger partial charge is 0.372 e. The molecule has 144 valence electrons. The van der Waals surface area contributed by atoms with Crippen LogP contribution >= 0.6 is 11.3 Å². The lowest BCUT2D eigenvalue weighted by molar-refractivity contribution is -0.116. The molecule has 0 bridgehead atoms. The van der Waals surface area contributed by atoms with E-state index in [0.29, 0.717) is 24.3 Å². The third kappa shape index (κ3) is 5.82. The number of hydrogen-bond acceptors (Lipinski definition) is 4. The zero-order chi connectivity index (χ0) is 19.1. The van der Waals surface area contributed by atoms with Crippen LogP contribution in [0.3, 0.4) is 0 Å². The quantitative estimate of drug-likeness (QED) is 0.705. The molecule has 1 saturated heterocycles. The lowest BCUT2D eigenvalue weighted by Crippen LogP contribution is -2.32. The van der Waals surface area contributed by atoms with Crippen LogP contribution in [0.25, 0.3) is 0 Å². The van der Waals surface area contributed by atoms with Crippen molar-refractivity contribution in [2.24, 2.45) is 5.92 Å². The molecule has 3 rings (SSSR count). The van der Waals surface area contributed by atoms with E-state index in [1.807, 2.05) is 23.6 Å². The Hall–Kier alpha value is -2.34. The smallest absolute Gasteiger partial charge is 0.261 e. The minimum absolute atomic E-state index is 0.0279. The van der Waals surface area contributed by atoms with Crippen LogP contribution in [0.5, 0.6) is 0 Å². The molecule has 1 aromatic heterocycles. The first-order chi connectivity index (χ1) is 13.1. The Labute approximate surface area is 164 Å². The van der Waals surface area contributed by atoms with E-state index >= 15 is 0 Å². The van der Waals surface area contributed by atoms with Gasteiger partial charge < -0.3 is 15.5 Å². The fourth-order valence-electron chi connectivity index (χ4n) is 3.19. The third-order valence-corrected chi connectivity index (χ3v) is 5.78. The summed E-state index contributed by atoms with van der Waals surface area (Å²) in [4.78, 5) is 27.0. The van der Waals surface area contributed by atoms with Crippen molar-refractivity contribution in [3.63, 3.8) is 0 Å². The summed E-state index contributed by atoms with van der Waals surface area (Å²) in [6.45, 7) is 5.01. The molecule has 2 aromatic rings. The number of amides is 2. The van der Waals surface area contributed by atoms with E-state index in [4.69, 9.17) is 0 Å². The number of piperidine rings is 1. The molecule has 0 radical (unpaired) electrons. The Balaban J connectivity index is 1.37. The van der Waals surface area contributed by atoms with Crippen LogP contribution in [0.2, 0.25) is 0 Å². The molecule has 0 unspecified atom stereocenters. The average Bonchev–Trinajstić information content (AvgIpc) is 3.21. The summed E-state index contributed by atoms with van der Waals surface area (Å²) in [5.41, 5.74) is 2.04. The molecule has 0 spiro atoms. The van der Waals surface area contributed by atoms with E-state index in [1.54, 1.807) is 6.07 Å². The molecule has 0 aliphatic carbocycles. The lowest BCUT2D eigenvalue weighted by Gasteiger charge is -2.32. The van der Waals surface area contributed by atoms with Gasteiger partial charge in [0.15, 0.2) is 0 Å². The van der Waals surface area contributed by atoms with Crippen molar-refractivity contribution >= 4 is 34.5 Å². The monoisotopic (exact) mass is 385 g/mol. The second-order valence-corrected chi connectivity index (χ2v) is 8.05. The summed E-state index contributed by atoms with van der Waals surface area (Å²) >= 11 is 1.41. The van der Waals surface area contributed by atoms with Crippen molar-refractivity contribution in [2.75, 3.05) is 29.9 Å². The van der Waals surface area contributed by atoms with Crippen LogP contribution in [-0.2, 0) is 4.79 Å². The SMILES string of the molecule is CC1CCN(c2ccc(NC(=O)CCCNC(=O)c3cccs3)cc2)CC1. The standard InChI is InChI=1S/C21H27N3O2S/c1-16-10-13-24(14-11-16)18-8-6-17(7-9-18)23-20(25)5-2-12-22-21(26)19-4-3-15-27-19/h3-4,6-9,15-16H,2,5,10-14H2,1H3,(H,22,26)(H,23,25). The van der Waals surface area contributed by atoms with Crippen LogP contribution in [0, 0.1) is 5.92 Å². The van der Waals surface area contributed by atoms with Gasteiger partial charge in [-0.1, -0.05) is 13.0 Å². The summed E-state index contributed by atoms with van der Waals surface area (Å²) in [5, 5.41) is 7.64. The lowest BCUT2D eigenvalue weighted by atomic mass is 9.99. The highest BCUT2D eigenvalue weighted by Crippen LogP contribution is 2.24. The molecule has 0 saturated carbocycles. The fraction of sp³-hybridized carbons (Fsp3) is 0.429. The highest BCUT2D eigenvalue weighted by molar-refractivity contribution is 7.12. The summed E-state index contributed by atoms with van der Waals surface area (Å²) in [7, 11) is 0. The number of anilines is 2. The predicted octanol–water partition coefficient (Wildman–Crippen LogP) is 4.13. The van der Waals surface area contributed by atoms with Crippen LogP contribution in [0.15, 0.2) is 41.8 Å². The van der Waals surface area contributed by atoms with E-state index in [1.165, 1.54) is 29.9 Å².